The monoisotopic (exact) mass is 258 g/mol. The summed E-state index contributed by atoms with van der Waals surface area (Å²) in [4.78, 5) is 4.45. The van der Waals surface area contributed by atoms with Crippen LogP contribution in [0.4, 0.5) is 5.69 Å². The molecule has 2 rings (SSSR count). The minimum atomic E-state index is 0.644. The maximum absolute atomic E-state index is 5.32. The molecule has 0 unspecified atom stereocenters. The summed E-state index contributed by atoms with van der Waals surface area (Å²) in [5.41, 5.74) is 2.90. The largest absolute Gasteiger partial charge is 0.497 e. The molecule has 0 bridgehead atoms. The van der Waals surface area contributed by atoms with Crippen molar-refractivity contribution in [2.45, 2.75) is 13.5 Å². The lowest BCUT2D eigenvalue weighted by Crippen LogP contribution is -2.04. The van der Waals surface area contributed by atoms with Crippen LogP contribution in [0.15, 0.2) is 36.4 Å². The molecule has 0 atom stereocenters. The van der Waals surface area contributed by atoms with E-state index in [1.165, 1.54) is 0 Å². The summed E-state index contributed by atoms with van der Waals surface area (Å²) in [5, 5.41) is 3.31. The first kappa shape index (κ1) is 13.2. The lowest BCUT2D eigenvalue weighted by atomic mass is 10.2. The van der Waals surface area contributed by atoms with Crippen LogP contribution in [0.2, 0.25) is 0 Å². The number of aryl methyl sites for hydroxylation is 1. The third-order valence-corrected chi connectivity index (χ3v) is 2.81. The van der Waals surface area contributed by atoms with E-state index in [0.717, 1.165) is 28.6 Å². The molecule has 4 nitrogen and oxygen atoms in total. The summed E-state index contributed by atoms with van der Waals surface area (Å²) in [6.07, 6.45) is 0. The van der Waals surface area contributed by atoms with E-state index < -0.39 is 0 Å². The lowest BCUT2D eigenvalue weighted by Gasteiger charge is -2.12. The third kappa shape index (κ3) is 3.37. The van der Waals surface area contributed by atoms with Crippen LogP contribution in [0.5, 0.6) is 11.5 Å². The van der Waals surface area contributed by atoms with E-state index in [1.807, 2.05) is 43.3 Å². The predicted molar refractivity (Wildman–Crippen MR) is 75.8 cm³/mol. The molecule has 1 aromatic carbocycles. The van der Waals surface area contributed by atoms with Gasteiger partial charge in [-0.05, 0) is 31.2 Å². The second-order valence-electron chi connectivity index (χ2n) is 4.19. The fourth-order valence-electron chi connectivity index (χ4n) is 1.84. The molecule has 0 aliphatic heterocycles. The van der Waals surface area contributed by atoms with Gasteiger partial charge in [-0.25, -0.2) is 0 Å². The second-order valence-corrected chi connectivity index (χ2v) is 4.19. The van der Waals surface area contributed by atoms with Gasteiger partial charge in [-0.15, -0.1) is 0 Å². The summed E-state index contributed by atoms with van der Waals surface area (Å²) in [6.45, 7) is 2.63. The van der Waals surface area contributed by atoms with Gasteiger partial charge in [0.1, 0.15) is 11.5 Å². The molecule has 1 aromatic heterocycles. The van der Waals surface area contributed by atoms with Gasteiger partial charge in [0.2, 0.25) is 0 Å². The Morgan fingerprint density at radius 2 is 1.95 bits per heavy atom. The number of methoxy groups -OCH3 is 2. The van der Waals surface area contributed by atoms with Crippen LogP contribution in [-0.4, -0.2) is 19.2 Å². The molecule has 0 saturated carbocycles. The first-order valence-corrected chi connectivity index (χ1v) is 6.11. The van der Waals surface area contributed by atoms with Crippen molar-refractivity contribution in [3.8, 4) is 11.5 Å². The number of anilines is 1. The Bertz CT molecular complexity index is 556. The standard InChI is InChI=1S/C15H18N2O2/c1-11-5-4-6-12(17-11)10-16-14-9-13(18-2)7-8-15(14)19-3/h4-9,16H,10H2,1-3H3. The van der Waals surface area contributed by atoms with Gasteiger partial charge in [-0.3, -0.25) is 4.98 Å². The number of hydrogen-bond donors (Lipinski definition) is 1. The molecule has 19 heavy (non-hydrogen) atoms. The van der Waals surface area contributed by atoms with Gasteiger partial charge in [0.05, 0.1) is 32.1 Å². The number of pyridine rings is 1. The average Bonchev–Trinajstić information content (AvgIpc) is 2.45. The molecule has 100 valence electrons. The van der Waals surface area contributed by atoms with Crippen LogP contribution in [0.25, 0.3) is 0 Å². The molecule has 0 aliphatic carbocycles. The van der Waals surface area contributed by atoms with Crippen molar-refractivity contribution in [2.75, 3.05) is 19.5 Å². The van der Waals surface area contributed by atoms with Gasteiger partial charge in [0.15, 0.2) is 0 Å². The Hall–Kier alpha value is -2.23. The van der Waals surface area contributed by atoms with Crippen molar-refractivity contribution in [2.24, 2.45) is 0 Å². The van der Waals surface area contributed by atoms with E-state index in [-0.39, 0.29) is 0 Å². The van der Waals surface area contributed by atoms with Gasteiger partial charge in [-0.1, -0.05) is 6.07 Å². The summed E-state index contributed by atoms with van der Waals surface area (Å²) < 4.78 is 10.5. The van der Waals surface area contributed by atoms with Crippen LogP contribution < -0.4 is 14.8 Å². The van der Waals surface area contributed by atoms with Crippen LogP contribution in [0.3, 0.4) is 0 Å². The van der Waals surface area contributed by atoms with E-state index in [4.69, 9.17) is 9.47 Å². The molecule has 0 amide bonds. The number of nitrogens with zero attached hydrogens (tertiary/aromatic N) is 1. The van der Waals surface area contributed by atoms with Gasteiger partial charge in [-0.2, -0.15) is 0 Å². The quantitative estimate of drug-likeness (QED) is 0.895. The van der Waals surface area contributed by atoms with Crippen molar-refractivity contribution in [1.82, 2.24) is 4.98 Å². The van der Waals surface area contributed by atoms with E-state index in [1.54, 1.807) is 14.2 Å². The second kappa shape index (κ2) is 6.09. The fraction of sp³-hybridized carbons (Fsp3) is 0.267. The Labute approximate surface area is 113 Å². The molecule has 0 spiro atoms. The minimum absolute atomic E-state index is 0.644. The Balaban J connectivity index is 2.14. The molecule has 0 radical (unpaired) electrons. The van der Waals surface area contributed by atoms with Crippen LogP contribution >= 0.6 is 0 Å². The topological polar surface area (TPSA) is 43.4 Å². The number of hydrogen-bond acceptors (Lipinski definition) is 4. The Morgan fingerprint density at radius 3 is 2.63 bits per heavy atom. The van der Waals surface area contributed by atoms with Crippen molar-refractivity contribution in [3.63, 3.8) is 0 Å². The van der Waals surface area contributed by atoms with Gasteiger partial charge in [0, 0.05) is 11.8 Å². The SMILES string of the molecule is COc1ccc(OC)c(NCc2cccc(C)n2)c1. The number of nitrogens with one attached hydrogen (secondary N) is 1. The number of ether oxygens (including phenoxy) is 2. The molecule has 0 aliphatic rings. The Morgan fingerprint density at radius 1 is 1.11 bits per heavy atom. The summed E-state index contributed by atoms with van der Waals surface area (Å²) in [7, 11) is 3.30. The highest BCUT2D eigenvalue weighted by Gasteiger charge is 2.05. The van der Waals surface area contributed by atoms with Gasteiger partial charge < -0.3 is 14.8 Å². The summed E-state index contributed by atoms with van der Waals surface area (Å²) in [6, 6.07) is 11.6. The van der Waals surface area contributed by atoms with Gasteiger partial charge >= 0.3 is 0 Å². The van der Waals surface area contributed by atoms with Crippen molar-refractivity contribution in [3.05, 3.63) is 47.8 Å². The van der Waals surface area contributed by atoms with Crippen LogP contribution in [-0.2, 0) is 6.54 Å². The lowest BCUT2D eigenvalue weighted by molar-refractivity contribution is 0.404. The molecule has 2 aromatic rings. The number of rotatable bonds is 5. The average molecular weight is 258 g/mol. The van der Waals surface area contributed by atoms with Crippen LogP contribution in [0, 0.1) is 6.92 Å². The zero-order valence-corrected chi connectivity index (χ0v) is 11.4. The zero-order chi connectivity index (χ0) is 13.7. The number of aromatic nitrogens is 1. The molecule has 1 heterocycles. The summed E-state index contributed by atoms with van der Waals surface area (Å²) in [5.74, 6) is 1.58. The first-order valence-electron chi connectivity index (χ1n) is 6.11. The van der Waals surface area contributed by atoms with Crippen molar-refractivity contribution >= 4 is 5.69 Å². The van der Waals surface area contributed by atoms with Gasteiger partial charge in [0.25, 0.3) is 0 Å². The van der Waals surface area contributed by atoms with Crippen molar-refractivity contribution < 1.29 is 9.47 Å². The zero-order valence-electron chi connectivity index (χ0n) is 11.4. The van der Waals surface area contributed by atoms with Crippen LogP contribution in [0.1, 0.15) is 11.4 Å². The maximum Gasteiger partial charge on any atom is 0.142 e. The molecule has 0 fully saturated rings. The normalized spacial score (nSPS) is 10.1. The highest BCUT2D eigenvalue weighted by Crippen LogP contribution is 2.29. The molecular formula is C15H18N2O2. The maximum atomic E-state index is 5.32. The third-order valence-electron chi connectivity index (χ3n) is 2.81. The highest BCUT2D eigenvalue weighted by molar-refractivity contribution is 5.59. The summed E-state index contributed by atoms with van der Waals surface area (Å²) >= 11 is 0. The van der Waals surface area contributed by atoms with E-state index in [9.17, 15) is 0 Å². The fourth-order valence-corrected chi connectivity index (χ4v) is 1.84. The Kier molecular flexibility index (Phi) is 4.23. The molecular weight excluding hydrogens is 240 g/mol. The number of benzene rings is 1. The molecule has 0 saturated heterocycles. The molecule has 4 heteroatoms. The minimum Gasteiger partial charge on any atom is -0.497 e. The molecule has 1 N–H and O–H groups in total. The van der Waals surface area contributed by atoms with E-state index in [0.29, 0.717) is 6.54 Å². The van der Waals surface area contributed by atoms with E-state index >= 15 is 0 Å². The highest BCUT2D eigenvalue weighted by atomic mass is 16.5. The first-order chi connectivity index (χ1) is 9.22. The smallest absolute Gasteiger partial charge is 0.142 e. The van der Waals surface area contributed by atoms with Crippen molar-refractivity contribution in [1.29, 1.82) is 0 Å². The predicted octanol–water partition coefficient (Wildman–Crippen LogP) is 3.02. The van der Waals surface area contributed by atoms with E-state index in [2.05, 4.69) is 10.3 Å².